The summed E-state index contributed by atoms with van der Waals surface area (Å²) in [6.45, 7) is 4.80. The highest BCUT2D eigenvalue weighted by molar-refractivity contribution is 6.00. The first kappa shape index (κ1) is 29.3. The highest BCUT2D eigenvalue weighted by Gasteiger charge is 2.54. The summed E-state index contributed by atoms with van der Waals surface area (Å²) in [6, 6.07) is -1.91. The van der Waals surface area contributed by atoms with Crippen molar-refractivity contribution in [3.05, 3.63) is 23.3 Å². The molecule has 0 aliphatic carbocycles. The Morgan fingerprint density at radius 1 is 0.971 bits per heavy atom. The van der Waals surface area contributed by atoms with E-state index < -0.39 is 59.4 Å². The maximum absolute atomic E-state index is 13.2. The lowest BCUT2D eigenvalue weighted by molar-refractivity contribution is -0.207. The summed E-state index contributed by atoms with van der Waals surface area (Å²) in [5.41, 5.74) is 6.09. The first-order chi connectivity index (χ1) is 15.6. The van der Waals surface area contributed by atoms with Crippen molar-refractivity contribution in [3.63, 3.8) is 0 Å². The van der Waals surface area contributed by atoms with Crippen molar-refractivity contribution < 1.29 is 45.5 Å². The Morgan fingerprint density at radius 3 is 1.91 bits per heavy atom. The second-order valence-electron chi connectivity index (χ2n) is 7.56. The molecule has 8 nitrogen and oxygen atoms in total. The van der Waals surface area contributed by atoms with Gasteiger partial charge in [-0.2, -0.15) is 26.3 Å². The first-order valence-electron chi connectivity index (χ1n) is 10.4. The predicted octanol–water partition coefficient (Wildman–Crippen LogP) is 3.46. The number of nitrogens with two attached hydrogens (primary N) is 1. The third-order valence-electron chi connectivity index (χ3n) is 4.57. The largest absolute Gasteiger partial charge is 0.471 e. The third-order valence-corrected chi connectivity index (χ3v) is 4.57. The van der Waals surface area contributed by atoms with Gasteiger partial charge in [0.05, 0.1) is 6.61 Å². The van der Waals surface area contributed by atoms with Crippen LogP contribution < -0.4 is 5.73 Å². The molecule has 0 aliphatic rings. The molecule has 2 amide bonds. The number of hydrogen-bond acceptors (Lipinski definition) is 7. The molecule has 0 fully saturated rings. The van der Waals surface area contributed by atoms with Gasteiger partial charge in [-0.05, 0) is 45.6 Å². The molecule has 1 aromatic rings. The lowest BCUT2D eigenvalue weighted by atomic mass is 10.0. The second kappa shape index (κ2) is 12.1. The maximum Gasteiger partial charge on any atom is 0.471 e. The number of imide groups is 1. The summed E-state index contributed by atoms with van der Waals surface area (Å²) in [5.74, 6) is -7.38. The topological polar surface area (TPSA) is 115 Å². The Morgan fingerprint density at radius 2 is 1.47 bits per heavy atom. The lowest BCUT2D eigenvalue weighted by Crippen LogP contribution is -2.52. The Hall–Kier alpha value is -2.77. The maximum atomic E-state index is 13.2. The van der Waals surface area contributed by atoms with Gasteiger partial charge in [0.25, 0.3) is 0 Å². The van der Waals surface area contributed by atoms with E-state index in [9.17, 15) is 40.7 Å². The number of nitrogens with zero attached hydrogens (tertiary/aromatic N) is 3. The third kappa shape index (κ3) is 8.54. The quantitative estimate of drug-likeness (QED) is 0.297. The Kier molecular flexibility index (Phi) is 10.4. The number of ether oxygens (including phenoxy) is 1. The molecular formula is C20H26F6N4O4. The molecule has 192 valence electrons. The number of alkyl halides is 6. The number of carbonyl (C=O) groups is 3. The van der Waals surface area contributed by atoms with Gasteiger partial charge in [-0.1, -0.05) is 13.3 Å². The Balaban J connectivity index is 3.29. The van der Waals surface area contributed by atoms with Crippen LogP contribution in [0.25, 0.3) is 0 Å². The molecule has 0 aliphatic heterocycles. The number of aryl methyl sites for hydroxylation is 2. The van der Waals surface area contributed by atoms with E-state index in [0.29, 0.717) is 6.42 Å². The highest BCUT2D eigenvalue weighted by atomic mass is 19.4. The molecule has 2 atom stereocenters. The lowest BCUT2D eigenvalue weighted by Gasteiger charge is -2.30. The van der Waals surface area contributed by atoms with Crippen molar-refractivity contribution in [2.24, 2.45) is 5.73 Å². The number of esters is 1. The minimum Gasteiger partial charge on any atom is -0.465 e. The number of rotatable bonds is 10. The minimum absolute atomic E-state index is 0.107. The highest BCUT2D eigenvalue weighted by Crippen LogP contribution is 2.33. The van der Waals surface area contributed by atoms with Crippen LogP contribution in [0.2, 0.25) is 0 Å². The van der Waals surface area contributed by atoms with Gasteiger partial charge in [-0.3, -0.25) is 19.3 Å². The van der Waals surface area contributed by atoms with Crippen LogP contribution in [0.15, 0.2) is 6.07 Å². The molecular weight excluding hydrogens is 474 g/mol. The number of halogens is 6. The van der Waals surface area contributed by atoms with Crippen molar-refractivity contribution in [2.45, 2.75) is 77.3 Å². The molecule has 0 saturated heterocycles. The summed E-state index contributed by atoms with van der Waals surface area (Å²) in [7, 11) is 0. The van der Waals surface area contributed by atoms with Gasteiger partial charge in [-0.15, -0.1) is 0 Å². The normalized spacial score (nSPS) is 13.8. The van der Waals surface area contributed by atoms with E-state index in [0.717, 1.165) is 6.42 Å². The van der Waals surface area contributed by atoms with Crippen LogP contribution in [0, 0.1) is 13.8 Å². The van der Waals surface area contributed by atoms with E-state index in [1.165, 1.54) is 19.9 Å². The van der Waals surface area contributed by atoms with E-state index >= 15 is 0 Å². The fraction of sp³-hybridized carbons (Fsp3) is 0.650. The zero-order chi connectivity index (χ0) is 26.3. The Bertz CT molecular complexity index is 829. The van der Waals surface area contributed by atoms with Crippen molar-refractivity contribution >= 4 is 17.8 Å². The average molecular weight is 500 g/mol. The minimum atomic E-state index is -5.78. The number of aromatic nitrogens is 2. The fourth-order valence-corrected chi connectivity index (χ4v) is 3.00. The summed E-state index contributed by atoms with van der Waals surface area (Å²) < 4.78 is 83.8. The zero-order valence-corrected chi connectivity index (χ0v) is 18.8. The van der Waals surface area contributed by atoms with Crippen molar-refractivity contribution in [1.29, 1.82) is 0 Å². The molecule has 2 N–H and O–H groups in total. The van der Waals surface area contributed by atoms with Crippen LogP contribution in [-0.4, -0.2) is 57.7 Å². The predicted molar refractivity (Wildman–Crippen MR) is 106 cm³/mol. The standard InChI is InChI=1S/C20H26F6N4O4/c1-4-5-9-34-16(31)13(27)7-6-8-14(15-28-11(2)10-12(3)29-15)30(17(32)19(21,22)23)18(33)20(24,25)26/h10,13-14H,4-9,27H2,1-3H3. The van der Waals surface area contributed by atoms with Gasteiger partial charge in [0.2, 0.25) is 0 Å². The summed E-state index contributed by atoms with van der Waals surface area (Å²) in [5, 5.41) is 0. The molecule has 0 spiro atoms. The SMILES string of the molecule is CCCCOC(=O)C(N)CCCC(c1nc(C)cc(C)n1)N(C(=O)C(F)(F)F)C(=O)C(F)(F)F. The van der Waals surface area contributed by atoms with E-state index in [1.54, 1.807) is 0 Å². The molecule has 34 heavy (non-hydrogen) atoms. The molecule has 1 aromatic heterocycles. The zero-order valence-electron chi connectivity index (χ0n) is 18.8. The summed E-state index contributed by atoms with van der Waals surface area (Å²) in [4.78, 5) is 42.5. The molecule has 14 heteroatoms. The summed E-state index contributed by atoms with van der Waals surface area (Å²) in [6.07, 6.45) is -11.3. The van der Waals surface area contributed by atoms with Crippen LogP contribution >= 0.6 is 0 Å². The Labute approximate surface area is 191 Å². The van der Waals surface area contributed by atoms with Crippen LogP contribution in [0.4, 0.5) is 26.3 Å². The number of amides is 2. The molecule has 0 radical (unpaired) electrons. The number of unbranched alkanes of at least 4 members (excludes halogenated alkanes) is 1. The van der Waals surface area contributed by atoms with Crippen LogP contribution in [0.1, 0.15) is 62.3 Å². The fourth-order valence-electron chi connectivity index (χ4n) is 3.00. The van der Waals surface area contributed by atoms with Gasteiger partial charge in [0.1, 0.15) is 12.1 Å². The van der Waals surface area contributed by atoms with E-state index in [4.69, 9.17) is 10.5 Å². The smallest absolute Gasteiger partial charge is 0.465 e. The van der Waals surface area contributed by atoms with E-state index in [2.05, 4.69) is 9.97 Å². The molecule has 0 bridgehead atoms. The molecule has 1 rings (SSSR count). The number of carbonyl (C=O) groups excluding carboxylic acids is 3. The van der Waals surface area contributed by atoms with Crippen LogP contribution in [0.3, 0.4) is 0 Å². The summed E-state index contributed by atoms with van der Waals surface area (Å²) >= 11 is 0. The van der Waals surface area contributed by atoms with Crippen molar-refractivity contribution in [2.75, 3.05) is 6.61 Å². The first-order valence-corrected chi connectivity index (χ1v) is 10.4. The van der Waals surface area contributed by atoms with Crippen molar-refractivity contribution in [3.8, 4) is 0 Å². The average Bonchev–Trinajstić information content (AvgIpc) is 2.70. The second-order valence-corrected chi connectivity index (χ2v) is 7.56. The van der Waals surface area contributed by atoms with E-state index in [1.807, 2.05) is 6.92 Å². The molecule has 2 unspecified atom stereocenters. The van der Waals surface area contributed by atoms with Gasteiger partial charge in [0, 0.05) is 11.4 Å². The van der Waals surface area contributed by atoms with Crippen LogP contribution in [-0.2, 0) is 19.1 Å². The van der Waals surface area contributed by atoms with Gasteiger partial charge >= 0.3 is 30.1 Å². The van der Waals surface area contributed by atoms with Gasteiger partial charge in [-0.25, -0.2) is 9.97 Å². The van der Waals surface area contributed by atoms with Crippen molar-refractivity contribution in [1.82, 2.24) is 14.9 Å². The number of hydrogen-bond donors (Lipinski definition) is 1. The van der Waals surface area contributed by atoms with Gasteiger partial charge in [0.15, 0.2) is 5.82 Å². The van der Waals surface area contributed by atoms with Gasteiger partial charge < -0.3 is 10.5 Å². The molecule has 1 heterocycles. The van der Waals surface area contributed by atoms with Crippen LogP contribution in [0.5, 0.6) is 0 Å². The van der Waals surface area contributed by atoms with E-state index in [-0.39, 0.29) is 30.8 Å². The molecule has 0 aromatic carbocycles. The monoisotopic (exact) mass is 500 g/mol. The molecule has 0 saturated carbocycles.